The summed E-state index contributed by atoms with van der Waals surface area (Å²) in [5, 5.41) is 10.6. The number of benzene rings is 9. The molecule has 12 rings (SSSR count). The van der Waals surface area contributed by atoms with Crippen LogP contribution in [0.3, 0.4) is 0 Å². The topological polar surface area (TPSA) is 43.2 Å². The molecule has 0 saturated carbocycles. The van der Waals surface area contributed by atoms with Crippen molar-refractivity contribution in [2.75, 3.05) is 9.80 Å². The summed E-state index contributed by atoms with van der Waals surface area (Å²) in [5.41, 5.74) is 24.2. The predicted octanol–water partition coefficient (Wildman–Crippen LogP) is 16.8. The van der Waals surface area contributed by atoms with Crippen molar-refractivity contribution in [1.29, 1.82) is 5.26 Å². The molecule has 0 saturated heterocycles. The summed E-state index contributed by atoms with van der Waals surface area (Å²) in [6, 6.07) is 78.2. The Morgan fingerprint density at radius 1 is 0.362 bits per heavy atom. The fourth-order valence-corrected chi connectivity index (χ4v) is 11.2. The van der Waals surface area contributed by atoms with Gasteiger partial charge in [0, 0.05) is 46.0 Å². The zero-order valence-electron chi connectivity index (χ0n) is 39.1. The van der Waals surface area contributed by atoms with Gasteiger partial charge in [0.2, 0.25) is 0 Å². The van der Waals surface area contributed by atoms with Crippen molar-refractivity contribution < 1.29 is 0 Å². The summed E-state index contributed by atoms with van der Waals surface area (Å²) < 4.78 is 0. The second-order valence-corrected chi connectivity index (χ2v) is 18.6. The Balaban J connectivity index is 1.17. The van der Waals surface area contributed by atoms with Crippen molar-refractivity contribution in [2.24, 2.45) is 0 Å². The van der Waals surface area contributed by atoms with Crippen molar-refractivity contribution in [2.45, 2.75) is 33.1 Å². The molecule has 3 heterocycles. The minimum atomic E-state index is -0.770. The van der Waals surface area contributed by atoms with Gasteiger partial charge in [0.15, 0.2) is 0 Å². The molecule has 69 heavy (non-hydrogen) atoms. The summed E-state index contributed by atoms with van der Waals surface area (Å²) in [5.74, 6) is 0. The van der Waals surface area contributed by atoms with Crippen molar-refractivity contribution in [1.82, 2.24) is 4.98 Å². The first-order valence-electron chi connectivity index (χ1n) is 23.7. The standard InChI is InChI=1S/C65H48N4/c1-42-23-31-61-52(35-42)50-19-11-13-21-57(50)65(59-37-44(3)25-33-63(59)69(48-17-9-6-10-18-48)64-34-26-45(4)38-60(64)65)58-22-14-12-20-51(58)53-36-43(2)24-32-62(53)68(61)49-29-27-47(28-30-49)56-41-67-40-55(54(56)39-66)46-15-7-5-8-16-46/h5-38,40-41H,1-4H3. The highest BCUT2D eigenvalue weighted by Gasteiger charge is 2.49. The van der Waals surface area contributed by atoms with Crippen molar-refractivity contribution in [3.8, 4) is 50.6 Å². The quantitative estimate of drug-likeness (QED) is 0.177. The number of aryl methyl sites for hydroxylation is 4. The molecule has 4 heteroatoms. The molecule has 0 atom stereocenters. The first-order valence-corrected chi connectivity index (χ1v) is 23.7. The van der Waals surface area contributed by atoms with Gasteiger partial charge in [-0.2, -0.15) is 5.26 Å². The predicted molar refractivity (Wildman–Crippen MR) is 284 cm³/mol. The SMILES string of the molecule is Cc1ccc2c(c1)-c1ccccc1C1(c3ccccc3-c3cc(C)ccc3N2c2ccc(-c3cncc(-c4ccccc4)c3C#N)cc2)c2cc(C)ccc2N(c2ccccc2)c2ccc(C)cc21. The van der Waals surface area contributed by atoms with E-state index in [2.05, 4.69) is 224 Å². The fourth-order valence-electron chi connectivity index (χ4n) is 11.2. The molecule has 328 valence electrons. The van der Waals surface area contributed by atoms with Crippen LogP contribution in [-0.2, 0) is 5.41 Å². The molecule has 10 aromatic rings. The van der Waals surface area contributed by atoms with Crippen LogP contribution in [0, 0.1) is 39.0 Å². The summed E-state index contributed by atoms with van der Waals surface area (Å²) in [4.78, 5) is 9.56. The maximum absolute atomic E-state index is 10.6. The molecule has 0 fully saturated rings. The lowest BCUT2D eigenvalue weighted by Gasteiger charge is -2.48. The van der Waals surface area contributed by atoms with Gasteiger partial charge in [-0.15, -0.1) is 0 Å². The number of hydrogen-bond donors (Lipinski definition) is 0. The number of nitriles is 1. The van der Waals surface area contributed by atoms with Gasteiger partial charge in [-0.25, -0.2) is 0 Å². The minimum Gasteiger partial charge on any atom is -0.310 e. The Morgan fingerprint density at radius 2 is 0.768 bits per heavy atom. The van der Waals surface area contributed by atoms with Gasteiger partial charge in [-0.3, -0.25) is 4.98 Å². The summed E-state index contributed by atoms with van der Waals surface area (Å²) >= 11 is 0. The van der Waals surface area contributed by atoms with Crippen molar-refractivity contribution >= 4 is 34.1 Å². The van der Waals surface area contributed by atoms with Gasteiger partial charge in [0.05, 0.1) is 33.7 Å². The molecule has 0 amide bonds. The molecule has 0 aliphatic carbocycles. The number of rotatable bonds is 4. The van der Waals surface area contributed by atoms with Gasteiger partial charge >= 0.3 is 0 Å². The van der Waals surface area contributed by atoms with Crippen LogP contribution in [0.1, 0.15) is 50.1 Å². The largest absolute Gasteiger partial charge is 0.310 e. The van der Waals surface area contributed by atoms with E-state index in [9.17, 15) is 5.26 Å². The summed E-state index contributed by atoms with van der Waals surface area (Å²) in [6.07, 6.45) is 3.61. The first kappa shape index (κ1) is 41.6. The second-order valence-electron chi connectivity index (χ2n) is 18.6. The fraction of sp³-hybridized carbons (Fsp3) is 0.0769. The molecule has 1 spiro atoms. The summed E-state index contributed by atoms with van der Waals surface area (Å²) in [7, 11) is 0. The number of aromatic nitrogens is 1. The average molecular weight is 885 g/mol. The monoisotopic (exact) mass is 884 g/mol. The molecule has 4 nitrogen and oxygen atoms in total. The molecule has 0 unspecified atom stereocenters. The molecular formula is C65H48N4. The Bertz CT molecular complexity index is 3530. The molecule has 2 aliphatic heterocycles. The number of para-hydroxylation sites is 1. The van der Waals surface area contributed by atoms with Crippen LogP contribution in [0.15, 0.2) is 219 Å². The van der Waals surface area contributed by atoms with E-state index in [1.807, 2.05) is 36.5 Å². The lowest BCUT2D eigenvalue weighted by atomic mass is 9.59. The van der Waals surface area contributed by atoms with Gasteiger partial charge < -0.3 is 9.80 Å². The third-order valence-electron chi connectivity index (χ3n) is 14.2. The van der Waals surface area contributed by atoms with E-state index in [0.717, 1.165) is 67.5 Å². The average Bonchev–Trinajstić information content (AvgIpc) is 3.39. The third-order valence-corrected chi connectivity index (χ3v) is 14.2. The van der Waals surface area contributed by atoms with Crippen molar-refractivity contribution in [3.05, 3.63) is 269 Å². The smallest absolute Gasteiger partial charge is 0.101 e. The van der Waals surface area contributed by atoms with E-state index in [1.165, 1.54) is 55.6 Å². The molecular weight excluding hydrogens is 837 g/mol. The Hall–Kier alpha value is -8.78. The van der Waals surface area contributed by atoms with Crippen LogP contribution in [0.4, 0.5) is 34.1 Å². The number of nitrogens with zero attached hydrogens (tertiary/aromatic N) is 4. The first-order chi connectivity index (χ1) is 33.8. The Morgan fingerprint density at radius 3 is 1.28 bits per heavy atom. The van der Waals surface area contributed by atoms with E-state index in [-0.39, 0.29) is 0 Å². The molecule has 0 N–H and O–H groups in total. The molecule has 9 aromatic carbocycles. The van der Waals surface area contributed by atoms with Crippen LogP contribution in [0.5, 0.6) is 0 Å². The molecule has 0 bridgehead atoms. The van der Waals surface area contributed by atoms with Crippen LogP contribution < -0.4 is 9.80 Å². The van der Waals surface area contributed by atoms with Crippen LogP contribution in [0.2, 0.25) is 0 Å². The van der Waals surface area contributed by atoms with Gasteiger partial charge in [0.25, 0.3) is 0 Å². The van der Waals surface area contributed by atoms with E-state index in [1.54, 1.807) is 6.20 Å². The van der Waals surface area contributed by atoms with E-state index in [4.69, 9.17) is 0 Å². The minimum absolute atomic E-state index is 0.606. The zero-order chi connectivity index (χ0) is 46.8. The Kier molecular flexibility index (Phi) is 9.97. The Labute approximate surface area is 404 Å². The van der Waals surface area contributed by atoms with Crippen LogP contribution in [0.25, 0.3) is 44.5 Å². The van der Waals surface area contributed by atoms with Gasteiger partial charge in [-0.1, -0.05) is 168 Å². The van der Waals surface area contributed by atoms with Gasteiger partial charge in [0.1, 0.15) is 6.07 Å². The van der Waals surface area contributed by atoms with Crippen molar-refractivity contribution in [3.63, 3.8) is 0 Å². The highest BCUT2D eigenvalue weighted by atomic mass is 15.2. The van der Waals surface area contributed by atoms with Crippen LogP contribution >= 0.6 is 0 Å². The number of pyridine rings is 1. The summed E-state index contributed by atoms with van der Waals surface area (Å²) in [6.45, 7) is 8.85. The van der Waals surface area contributed by atoms with Gasteiger partial charge in [-0.05, 0) is 133 Å². The lowest BCUT2D eigenvalue weighted by molar-refractivity contribution is 0.732. The molecule has 0 radical (unpaired) electrons. The maximum Gasteiger partial charge on any atom is 0.101 e. The second kappa shape index (κ2) is 16.5. The third kappa shape index (κ3) is 6.61. The molecule has 1 aromatic heterocycles. The van der Waals surface area contributed by atoms with E-state index in [0.29, 0.717) is 5.56 Å². The normalized spacial score (nSPS) is 13.0. The number of hydrogen-bond acceptors (Lipinski definition) is 4. The highest BCUT2D eigenvalue weighted by molar-refractivity contribution is 6.00. The highest BCUT2D eigenvalue weighted by Crippen LogP contribution is 2.62. The number of fused-ring (bicyclic) bond motifs is 12. The van der Waals surface area contributed by atoms with E-state index < -0.39 is 5.41 Å². The van der Waals surface area contributed by atoms with E-state index >= 15 is 0 Å². The maximum atomic E-state index is 10.6. The molecule has 2 aliphatic rings. The zero-order valence-corrected chi connectivity index (χ0v) is 39.1. The van der Waals surface area contributed by atoms with Crippen LogP contribution in [-0.4, -0.2) is 4.98 Å². The number of anilines is 6. The lowest BCUT2D eigenvalue weighted by Crippen LogP contribution is -2.39.